The number of methoxy groups -OCH3 is 1. The molecule has 24 heavy (non-hydrogen) atoms. The summed E-state index contributed by atoms with van der Waals surface area (Å²) in [5.74, 6) is -0.880. The third-order valence-electron chi connectivity index (χ3n) is 3.18. The summed E-state index contributed by atoms with van der Waals surface area (Å²) in [7, 11) is 1.58. The van der Waals surface area contributed by atoms with E-state index in [4.69, 9.17) is 4.74 Å². The molecule has 0 heterocycles. The second kappa shape index (κ2) is 7.92. The number of anilines is 1. The zero-order chi connectivity index (χ0) is 17.5. The predicted octanol–water partition coefficient (Wildman–Crippen LogP) is 2.40. The largest absolute Gasteiger partial charge is 0.497 e. The van der Waals surface area contributed by atoms with E-state index in [1.807, 2.05) is 19.9 Å². The number of benzene rings is 2. The number of hydrogen-bond donors (Lipinski definition) is 2. The van der Waals surface area contributed by atoms with Crippen molar-refractivity contribution in [3.63, 3.8) is 0 Å². The highest BCUT2D eigenvalue weighted by atomic mass is 16.5. The minimum atomic E-state index is -0.834. The smallest absolute Gasteiger partial charge is 0.329 e. The van der Waals surface area contributed by atoms with Crippen LogP contribution in [0, 0.1) is 13.8 Å². The van der Waals surface area contributed by atoms with Crippen LogP contribution in [0.25, 0.3) is 0 Å². The Kier molecular flexibility index (Phi) is 5.68. The van der Waals surface area contributed by atoms with Gasteiger partial charge in [-0.2, -0.15) is 5.10 Å². The van der Waals surface area contributed by atoms with Gasteiger partial charge in [-0.3, -0.25) is 9.59 Å². The molecule has 0 radical (unpaired) electrons. The van der Waals surface area contributed by atoms with Crippen molar-refractivity contribution in [1.29, 1.82) is 0 Å². The normalized spacial score (nSPS) is 10.5. The average molecular weight is 325 g/mol. The van der Waals surface area contributed by atoms with Crippen LogP contribution in [-0.4, -0.2) is 25.1 Å². The molecular formula is C18H19N3O3. The standard InChI is InChI=1S/C18H19N3O3/c1-12-8-13(2)10-15(9-12)20-17(22)18(23)21-19-11-14-4-6-16(24-3)7-5-14/h4-11H,1-3H3,(H,20,22)(H,21,23). The lowest BCUT2D eigenvalue weighted by Gasteiger charge is -2.06. The highest BCUT2D eigenvalue weighted by Crippen LogP contribution is 2.13. The fraction of sp³-hybridized carbons (Fsp3) is 0.167. The number of ether oxygens (including phenoxy) is 1. The van der Waals surface area contributed by atoms with Crippen LogP contribution < -0.4 is 15.5 Å². The van der Waals surface area contributed by atoms with Crippen LogP contribution in [0.15, 0.2) is 47.6 Å². The van der Waals surface area contributed by atoms with Crippen LogP contribution in [0.5, 0.6) is 5.75 Å². The summed E-state index contributed by atoms with van der Waals surface area (Å²) < 4.78 is 5.05. The van der Waals surface area contributed by atoms with E-state index in [1.54, 1.807) is 43.5 Å². The fourth-order valence-corrected chi connectivity index (χ4v) is 2.14. The molecule has 0 aliphatic heterocycles. The summed E-state index contributed by atoms with van der Waals surface area (Å²) in [6.07, 6.45) is 1.45. The fourth-order valence-electron chi connectivity index (χ4n) is 2.14. The monoisotopic (exact) mass is 325 g/mol. The molecule has 6 nitrogen and oxygen atoms in total. The number of aryl methyl sites for hydroxylation is 2. The molecule has 2 amide bonds. The number of nitrogens with one attached hydrogen (secondary N) is 2. The Morgan fingerprint density at radius 1 is 1.00 bits per heavy atom. The Bertz CT molecular complexity index is 747. The molecule has 6 heteroatoms. The zero-order valence-electron chi connectivity index (χ0n) is 13.8. The molecular weight excluding hydrogens is 306 g/mol. The highest BCUT2D eigenvalue weighted by molar-refractivity contribution is 6.39. The van der Waals surface area contributed by atoms with Crippen molar-refractivity contribution in [3.05, 3.63) is 59.2 Å². The van der Waals surface area contributed by atoms with Gasteiger partial charge in [0.25, 0.3) is 0 Å². The summed E-state index contributed by atoms with van der Waals surface area (Å²) >= 11 is 0. The Balaban J connectivity index is 1.91. The third kappa shape index (κ3) is 4.95. The van der Waals surface area contributed by atoms with E-state index in [0.717, 1.165) is 22.4 Å². The number of hydrazone groups is 1. The molecule has 2 aromatic carbocycles. The molecule has 124 valence electrons. The number of carbonyl (C=O) groups is 2. The maximum Gasteiger partial charge on any atom is 0.329 e. The Labute approximate surface area is 140 Å². The van der Waals surface area contributed by atoms with Crippen LogP contribution in [0.2, 0.25) is 0 Å². The summed E-state index contributed by atoms with van der Waals surface area (Å²) in [6.45, 7) is 3.84. The van der Waals surface area contributed by atoms with Gasteiger partial charge in [-0.1, -0.05) is 6.07 Å². The molecule has 0 fully saturated rings. The third-order valence-corrected chi connectivity index (χ3v) is 3.18. The molecule has 0 saturated carbocycles. The molecule has 0 aliphatic rings. The van der Waals surface area contributed by atoms with E-state index in [2.05, 4.69) is 15.8 Å². The maximum absolute atomic E-state index is 11.8. The van der Waals surface area contributed by atoms with E-state index >= 15 is 0 Å². The van der Waals surface area contributed by atoms with Crippen molar-refractivity contribution >= 4 is 23.7 Å². The molecule has 2 rings (SSSR count). The summed E-state index contributed by atoms with van der Waals surface area (Å²) in [6, 6.07) is 12.7. The topological polar surface area (TPSA) is 79.8 Å². The summed E-state index contributed by atoms with van der Waals surface area (Å²) in [5, 5.41) is 6.31. The molecule has 0 aliphatic carbocycles. The minimum Gasteiger partial charge on any atom is -0.497 e. The van der Waals surface area contributed by atoms with Crippen LogP contribution in [0.3, 0.4) is 0 Å². The van der Waals surface area contributed by atoms with Gasteiger partial charge in [-0.15, -0.1) is 0 Å². The first-order valence-corrected chi connectivity index (χ1v) is 7.34. The van der Waals surface area contributed by atoms with Gasteiger partial charge in [0.2, 0.25) is 0 Å². The second-order valence-electron chi connectivity index (χ2n) is 5.30. The highest BCUT2D eigenvalue weighted by Gasteiger charge is 2.13. The lowest BCUT2D eigenvalue weighted by Crippen LogP contribution is -2.32. The van der Waals surface area contributed by atoms with Crippen LogP contribution >= 0.6 is 0 Å². The quantitative estimate of drug-likeness (QED) is 0.515. The molecule has 0 unspecified atom stereocenters. The summed E-state index contributed by atoms with van der Waals surface area (Å²) in [5.41, 5.74) is 5.55. The van der Waals surface area contributed by atoms with Gasteiger partial charge in [-0.25, -0.2) is 5.43 Å². The first-order chi connectivity index (χ1) is 11.5. The predicted molar refractivity (Wildman–Crippen MR) is 93.3 cm³/mol. The van der Waals surface area contributed by atoms with Crippen LogP contribution in [0.1, 0.15) is 16.7 Å². The van der Waals surface area contributed by atoms with Crippen LogP contribution in [-0.2, 0) is 9.59 Å². The summed E-state index contributed by atoms with van der Waals surface area (Å²) in [4.78, 5) is 23.6. The van der Waals surface area contributed by atoms with E-state index in [1.165, 1.54) is 6.21 Å². The van der Waals surface area contributed by atoms with Gasteiger partial charge in [-0.05, 0) is 66.9 Å². The second-order valence-corrected chi connectivity index (χ2v) is 5.30. The molecule has 0 bridgehead atoms. The van der Waals surface area contributed by atoms with Gasteiger partial charge in [0.1, 0.15) is 5.75 Å². The van der Waals surface area contributed by atoms with Crippen LogP contribution in [0.4, 0.5) is 5.69 Å². The SMILES string of the molecule is COc1ccc(C=NNC(=O)C(=O)Nc2cc(C)cc(C)c2)cc1. The Morgan fingerprint density at radius 3 is 2.21 bits per heavy atom. The molecule has 0 atom stereocenters. The molecule has 2 N–H and O–H groups in total. The van der Waals surface area contributed by atoms with E-state index in [-0.39, 0.29) is 0 Å². The lowest BCUT2D eigenvalue weighted by molar-refractivity contribution is -0.136. The number of rotatable bonds is 4. The zero-order valence-corrected chi connectivity index (χ0v) is 13.8. The number of carbonyl (C=O) groups excluding carboxylic acids is 2. The molecule has 0 aromatic heterocycles. The van der Waals surface area contributed by atoms with Gasteiger partial charge in [0, 0.05) is 5.69 Å². The minimum absolute atomic E-state index is 0.576. The molecule has 2 aromatic rings. The van der Waals surface area contributed by atoms with Crippen molar-refractivity contribution in [2.24, 2.45) is 5.10 Å². The van der Waals surface area contributed by atoms with E-state index in [0.29, 0.717) is 5.69 Å². The van der Waals surface area contributed by atoms with Gasteiger partial charge < -0.3 is 10.1 Å². The lowest BCUT2D eigenvalue weighted by atomic mass is 10.1. The van der Waals surface area contributed by atoms with E-state index < -0.39 is 11.8 Å². The Morgan fingerprint density at radius 2 is 1.62 bits per heavy atom. The first kappa shape index (κ1) is 17.2. The van der Waals surface area contributed by atoms with Crippen molar-refractivity contribution in [3.8, 4) is 5.75 Å². The van der Waals surface area contributed by atoms with Crippen molar-refractivity contribution in [1.82, 2.24) is 5.43 Å². The molecule has 0 spiro atoms. The van der Waals surface area contributed by atoms with E-state index in [9.17, 15) is 9.59 Å². The average Bonchev–Trinajstić information content (AvgIpc) is 2.54. The number of amides is 2. The van der Waals surface area contributed by atoms with Crippen molar-refractivity contribution in [2.45, 2.75) is 13.8 Å². The van der Waals surface area contributed by atoms with Crippen molar-refractivity contribution < 1.29 is 14.3 Å². The Hall–Kier alpha value is -3.15. The number of hydrogen-bond acceptors (Lipinski definition) is 4. The first-order valence-electron chi connectivity index (χ1n) is 7.34. The molecule has 0 saturated heterocycles. The van der Waals surface area contributed by atoms with Gasteiger partial charge >= 0.3 is 11.8 Å². The van der Waals surface area contributed by atoms with Gasteiger partial charge in [0.15, 0.2) is 0 Å². The van der Waals surface area contributed by atoms with Crippen molar-refractivity contribution in [2.75, 3.05) is 12.4 Å². The van der Waals surface area contributed by atoms with Gasteiger partial charge in [0.05, 0.1) is 13.3 Å². The maximum atomic E-state index is 11.8. The number of nitrogens with zero attached hydrogens (tertiary/aromatic N) is 1.